The molecule has 1 aromatic heterocycles. The van der Waals surface area contributed by atoms with Crippen LogP contribution >= 0.6 is 23.4 Å². The number of rotatable bonds is 9. The van der Waals surface area contributed by atoms with Crippen LogP contribution in [0.25, 0.3) is 0 Å². The van der Waals surface area contributed by atoms with E-state index in [1.165, 1.54) is 36.0 Å². The summed E-state index contributed by atoms with van der Waals surface area (Å²) in [6.45, 7) is 4.56. The van der Waals surface area contributed by atoms with Crippen LogP contribution in [0.2, 0.25) is 5.02 Å². The van der Waals surface area contributed by atoms with Gasteiger partial charge in [0.05, 0.1) is 10.2 Å². The molecule has 0 spiro atoms. The van der Waals surface area contributed by atoms with Crippen LogP contribution in [0.4, 0.5) is 11.4 Å². The molecule has 3 rings (SSSR count). The number of non-ortho nitro benzene ring substituents is 1. The van der Waals surface area contributed by atoms with E-state index in [0.29, 0.717) is 34.0 Å². The van der Waals surface area contributed by atoms with Gasteiger partial charge in [0, 0.05) is 29.4 Å². The Kier molecular flexibility index (Phi) is 7.48. The van der Waals surface area contributed by atoms with Gasteiger partial charge in [0.15, 0.2) is 11.0 Å². The van der Waals surface area contributed by atoms with Crippen molar-refractivity contribution in [2.45, 2.75) is 37.4 Å². The lowest BCUT2D eigenvalue weighted by Crippen LogP contribution is -2.23. The Bertz CT molecular complexity index is 1060. The molecule has 0 unspecified atom stereocenters. The highest BCUT2D eigenvalue weighted by atomic mass is 35.5. The largest absolute Gasteiger partial charge is 0.486 e. The number of anilines is 1. The van der Waals surface area contributed by atoms with Crippen molar-refractivity contribution in [3.63, 3.8) is 0 Å². The second kappa shape index (κ2) is 10.3. The van der Waals surface area contributed by atoms with Crippen LogP contribution in [-0.2, 0) is 17.9 Å². The molecule has 1 atom stereocenters. The molecule has 11 heteroatoms. The number of ether oxygens (including phenoxy) is 1. The maximum atomic E-state index is 12.5. The van der Waals surface area contributed by atoms with Crippen LogP contribution in [0.5, 0.6) is 5.75 Å². The molecule has 0 fully saturated rings. The summed E-state index contributed by atoms with van der Waals surface area (Å²) in [4.78, 5) is 22.8. The number of hydrogen-bond donors (Lipinski definition) is 1. The van der Waals surface area contributed by atoms with Gasteiger partial charge in [0.25, 0.3) is 5.69 Å². The lowest BCUT2D eigenvalue weighted by atomic mass is 10.3. The van der Waals surface area contributed by atoms with E-state index in [4.69, 9.17) is 16.3 Å². The molecular weight excluding hydrogens is 442 g/mol. The molecule has 1 N–H and O–H groups in total. The smallest absolute Gasteiger partial charge is 0.269 e. The van der Waals surface area contributed by atoms with Crippen LogP contribution in [0.1, 0.15) is 19.7 Å². The molecule has 1 heterocycles. The fraction of sp³-hybridized carbons (Fsp3) is 0.250. The predicted molar refractivity (Wildman–Crippen MR) is 119 cm³/mol. The SMILES string of the molecule is CCn1c(COc2ccc(Cl)cc2)nnc1S[C@H](C)C(=O)Nc1ccc([N+](=O)[O-])cc1. The number of amides is 1. The molecular formula is C20H20ClN5O4S. The van der Waals surface area contributed by atoms with Crippen LogP contribution in [-0.4, -0.2) is 30.8 Å². The van der Waals surface area contributed by atoms with Crippen molar-refractivity contribution in [2.24, 2.45) is 0 Å². The average Bonchev–Trinajstić information content (AvgIpc) is 3.15. The first kappa shape index (κ1) is 22.6. The van der Waals surface area contributed by atoms with Crippen molar-refractivity contribution in [3.05, 3.63) is 69.5 Å². The summed E-state index contributed by atoms with van der Waals surface area (Å²) in [6.07, 6.45) is 0. The third kappa shape index (κ3) is 5.96. The molecule has 0 bridgehead atoms. The van der Waals surface area contributed by atoms with Gasteiger partial charge < -0.3 is 14.6 Å². The van der Waals surface area contributed by atoms with Gasteiger partial charge in [-0.3, -0.25) is 14.9 Å². The molecule has 1 amide bonds. The van der Waals surface area contributed by atoms with Gasteiger partial charge >= 0.3 is 0 Å². The van der Waals surface area contributed by atoms with Crippen LogP contribution in [0, 0.1) is 10.1 Å². The van der Waals surface area contributed by atoms with Gasteiger partial charge in [-0.2, -0.15) is 0 Å². The fourth-order valence-corrected chi connectivity index (χ4v) is 3.69. The molecule has 0 radical (unpaired) electrons. The highest BCUT2D eigenvalue weighted by molar-refractivity contribution is 8.00. The number of nitro benzene ring substituents is 1. The quantitative estimate of drug-likeness (QED) is 0.282. The Hall–Kier alpha value is -3.11. The molecule has 9 nitrogen and oxygen atoms in total. The highest BCUT2D eigenvalue weighted by Gasteiger charge is 2.20. The minimum absolute atomic E-state index is 0.0372. The number of aromatic nitrogens is 3. The molecule has 0 aliphatic heterocycles. The standard InChI is InChI=1S/C20H20ClN5O4S/c1-3-25-18(12-30-17-10-4-14(21)5-11-17)23-24-20(25)31-13(2)19(27)22-15-6-8-16(9-7-15)26(28)29/h4-11,13H,3,12H2,1-2H3,(H,22,27)/t13-/m1/s1. The number of carbonyl (C=O) groups excluding carboxylic acids is 1. The summed E-state index contributed by atoms with van der Waals surface area (Å²) in [5.74, 6) is 1.06. The van der Waals surface area contributed by atoms with E-state index in [2.05, 4.69) is 15.5 Å². The number of nitrogens with one attached hydrogen (secondary N) is 1. The van der Waals surface area contributed by atoms with Crippen LogP contribution in [0.3, 0.4) is 0 Å². The maximum Gasteiger partial charge on any atom is 0.269 e. The van der Waals surface area contributed by atoms with Crippen LogP contribution in [0.15, 0.2) is 53.7 Å². The maximum absolute atomic E-state index is 12.5. The van der Waals surface area contributed by atoms with Crippen molar-refractivity contribution in [3.8, 4) is 5.75 Å². The zero-order chi connectivity index (χ0) is 22.4. The summed E-state index contributed by atoms with van der Waals surface area (Å²) in [5, 5.41) is 22.6. The van der Waals surface area contributed by atoms with Crippen molar-refractivity contribution in [2.75, 3.05) is 5.32 Å². The molecule has 0 saturated carbocycles. The first-order chi connectivity index (χ1) is 14.9. The van der Waals surface area contributed by atoms with Crippen molar-refractivity contribution >= 4 is 40.6 Å². The first-order valence-corrected chi connectivity index (χ1v) is 10.7. The second-order valence-corrected chi connectivity index (χ2v) is 8.18. The van der Waals surface area contributed by atoms with E-state index >= 15 is 0 Å². The van der Waals surface area contributed by atoms with Crippen molar-refractivity contribution in [1.29, 1.82) is 0 Å². The number of hydrogen-bond acceptors (Lipinski definition) is 7. The van der Waals surface area contributed by atoms with Gasteiger partial charge in [-0.25, -0.2) is 0 Å². The topological polar surface area (TPSA) is 112 Å². The second-order valence-electron chi connectivity index (χ2n) is 6.44. The van der Waals surface area contributed by atoms with Crippen molar-refractivity contribution < 1.29 is 14.5 Å². The average molecular weight is 462 g/mol. The van der Waals surface area contributed by atoms with E-state index in [0.717, 1.165) is 0 Å². The Morgan fingerprint density at radius 3 is 2.52 bits per heavy atom. The zero-order valence-corrected chi connectivity index (χ0v) is 18.4. The Balaban J connectivity index is 1.61. The van der Waals surface area contributed by atoms with Crippen LogP contribution < -0.4 is 10.1 Å². The van der Waals surface area contributed by atoms with Crippen molar-refractivity contribution in [1.82, 2.24) is 14.8 Å². The van der Waals surface area contributed by atoms with E-state index in [9.17, 15) is 14.9 Å². The number of thioether (sulfide) groups is 1. The summed E-state index contributed by atoms with van der Waals surface area (Å²) >= 11 is 7.15. The number of nitro groups is 1. The fourth-order valence-electron chi connectivity index (χ4n) is 2.63. The zero-order valence-electron chi connectivity index (χ0n) is 16.8. The summed E-state index contributed by atoms with van der Waals surface area (Å²) in [7, 11) is 0. The molecule has 162 valence electrons. The molecule has 31 heavy (non-hydrogen) atoms. The summed E-state index contributed by atoms with van der Waals surface area (Å²) in [6, 6.07) is 12.7. The Labute approximate surface area is 187 Å². The lowest BCUT2D eigenvalue weighted by molar-refractivity contribution is -0.384. The third-order valence-corrected chi connectivity index (χ3v) is 5.62. The highest BCUT2D eigenvalue weighted by Crippen LogP contribution is 2.25. The number of nitrogens with zero attached hydrogens (tertiary/aromatic N) is 4. The molecule has 3 aromatic rings. The lowest BCUT2D eigenvalue weighted by Gasteiger charge is -2.13. The molecule has 0 aliphatic carbocycles. The van der Waals surface area contributed by atoms with E-state index in [-0.39, 0.29) is 18.2 Å². The summed E-state index contributed by atoms with van der Waals surface area (Å²) < 4.78 is 7.63. The van der Waals surface area contributed by atoms with Gasteiger partial charge in [0.1, 0.15) is 12.4 Å². The number of benzene rings is 2. The van der Waals surface area contributed by atoms with Gasteiger partial charge in [-0.1, -0.05) is 23.4 Å². The monoisotopic (exact) mass is 461 g/mol. The molecule has 0 aliphatic rings. The minimum atomic E-state index is -0.490. The normalized spacial score (nSPS) is 11.7. The first-order valence-electron chi connectivity index (χ1n) is 9.39. The van der Waals surface area contributed by atoms with Gasteiger partial charge in [-0.15, -0.1) is 10.2 Å². The Morgan fingerprint density at radius 1 is 1.23 bits per heavy atom. The number of halogens is 1. The Morgan fingerprint density at radius 2 is 1.90 bits per heavy atom. The molecule has 0 saturated heterocycles. The van der Waals surface area contributed by atoms with Gasteiger partial charge in [0.2, 0.25) is 5.91 Å². The predicted octanol–water partition coefficient (Wildman–Crippen LogP) is 4.56. The molecule has 2 aromatic carbocycles. The van der Waals surface area contributed by atoms with E-state index in [1.807, 2.05) is 11.5 Å². The van der Waals surface area contributed by atoms with E-state index < -0.39 is 10.2 Å². The van der Waals surface area contributed by atoms with E-state index in [1.54, 1.807) is 31.2 Å². The number of carbonyl (C=O) groups is 1. The third-order valence-electron chi connectivity index (χ3n) is 4.29. The summed E-state index contributed by atoms with van der Waals surface area (Å²) in [5.41, 5.74) is 0.446. The minimum Gasteiger partial charge on any atom is -0.486 e. The van der Waals surface area contributed by atoms with Gasteiger partial charge in [-0.05, 0) is 50.2 Å².